The second kappa shape index (κ2) is 7.70. The summed E-state index contributed by atoms with van der Waals surface area (Å²) in [5.41, 5.74) is -0.711. The lowest BCUT2D eigenvalue weighted by Crippen LogP contribution is -2.36. The number of nitrogens with zero attached hydrogens (tertiary/aromatic N) is 1. The first kappa shape index (κ1) is 18.6. The minimum Gasteiger partial charge on any atom is -0.312 e. The molecule has 0 atom stereocenters. The van der Waals surface area contributed by atoms with Crippen LogP contribution in [0.1, 0.15) is 39.2 Å². The molecule has 2 nitrogen and oxygen atoms in total. The van der Waals surface area contributed by atoms with Gasteiger partial charge in [0.1, 0.15) is 5.03 Å². The number of thioether (sulfide) groups is 1. The zero-order valence-electron chi connectivity index (χ0n) is 12.4. The van der Waals surface area contributed by atoms with Gasteiger partial charge in [-0.25, -0.2) is 4.98 Å². The molecule has 1 aromatic rings. The summed E-state index contributed by atoms with van der Waals surface area (Å²) in [4.78, 5) is 3.80. The van der Waals surface area contributed by atoms with Crippen LogP contribution < -0.4 is 5.32 Å². The van der Waals surface area contributed by atoms with Crippen LogP contribution in [0.25, 0.3) is 0 Å². The average molecular weight is 341 g/mol. The topological polar surface area (TPSA) is 24.9 Å². The van der Waals surface area contributed by atoms with Crippen LogP contribution in [0.4, 0.5) is 13.2 Å². The molecule has 0 aliphatic rings. The molecule has 0 bridgehead atoms. The quantitative estimate of drug-likeness (QED) is 0.581. The molecule has 0 saturated heterocycles. The van der Waals surface area contributed by atoms with E-state index in [9.17, 15) is 13.2 Å². The number of rotatable bonds is 6. The Labute approximate surface area is 132 Å². The Bertz CT molecular complexity index is 459. The molecule has 0 spiro atoms. The van der Waals surface area contributed by atoms with Crippen LogP contribution in [0.15, 0.2) is 17.3 Å². The van der Waals surface area contributed by atoms with E-state index < -0.39 is 11.7 Å². The maximum Gasteiger partial charge on any atom is 0.417 e. The van der Waals surface area contributed by atoms with Gasteiger partial charge in [-0.1, -0.05) is 11.6 Å². The van der Waals surface area contributed by atoms with Crippen molar-refractivity contribution in [3.05, 3.63) is 22.8 Å². The minimum absolute atomic E-state index is 0.0580. The smallest absolute Gasteiger partial charge is 0.312 e. The molecule has 0 unspecified atom stereocenters. The molecule has 1 heterocycles. The fourth-order valence-corrected chi connectivity index (χ4v) is 2.74. The Morgan fingerprint density at radius 2 is 1.90 bits per heavy atom. The number of hydrogen-bond donors (Lipinski definition) is 1. The number of halogens is 4. The first-order valence-corrected chi connectivity index (χ1v) is 8.06. The van der Waals surface area contributed by atoms with Gasteiger partial charge in [0.15, 0.2) is 0 Å². The van der Waals surface area contributed by atoms with Crippen molar-refractivity contribution in [2.45, 2.75) is 50.4 Å². The molecule has 21 heavy (non-hydrogen) atoms. The largest absolute Gasteiger partial charge is 0.417 e. The van der Waals surface area contributed by atoms with Crippen molar-refractivity contribution < 1.29 is 13.2 Å². The summed E-state index contributed by atoms with van der Waals surface area (Å²) in [6.45, 7) is 7.23. The maximum atomic E-state index is 12.5. The van der Waals surface area contributed by atoms with E-state index in [4.69, 9.17) is 11.6 Å². The summed E-state index contributed by atoms with van der Waals surface area (Å²) in [7, 11) is 0. The Kier molecular flexibility index (Phi) is 6.81. The number of alkyl halides is 3. The molecule has 0 saturated carbocycles. The molecule has 120 valence electrons. The Hall–Kier alpha value is -0.460. The van der Waals surface area contributed by atoms with E-state index in [0.29, 0.717) is 5.03 Å². The van der Waals surface area contributed by atoms with Gasteiger partial charge in [-0.3, -0.25) is 0 Å². The lowest BCUT2D eigenvalue weighted by atomic mass is 10.1. The van der Waals surface area contributed by atoms with Gasteiger partial charge in [0.2, 0.25) is 0 Å². The third kappa shape index (κ3) is 7.38. The summed E-state index contributed by atoms with van der Waals surface area (Å²) < 4.78 is 37.4. The van der Waals surface area contributed by atoms with Gasteiger partial charge < -0.3 is 5.32 Å². The van der Waals surface area contributed by atoms with Crippen molar-refractivity contribution in [3.8, 4) is 0 Å². The lowest BCUT2D eigenvalue weighted by molar-refractivity contribution is -0.137. The van der Waals surface area contributed by atoms with Crippen molar-refractivity contribution in [1.29, 1.82) is 0 Å². The molecule has 7 heteroatoms. The van der Waals surface area contributed by atoms with Gasteiger partial charge in [-0.05, 0) is 52.0 Å². The summed E-state index contributed by atoms with van der Waals surface area (Å²) >= 11 is 7.23. The van der Waals surface area contributed by atoms with Crippen LogP contribution in [-0.2, 0) is 6.18 Å². The summed E-state index contributed by atoms with van der Waals surface area (Å²) in [5, 5.41) is 3.89. The van der Waals surface area contributed by atoms with E-state index in [0.717, 1.165) is 37.4 Å². The van der Waals surface area contributed by atoms with E-state index >= 15 is 0 Å². The van der Waals surface area contributed by atoms with Crippen LogP contribution in [0.2, 0.25) is 5.02 Å². The van der Waals surface area contributed by atoms with Crippen molar-refractivity contribution in [3.63, 3.8) is 0 Å². The second-order valence-electron chi connectivity index (χ2n) is 5.74. The van der Waals surface area contributed by atoms with Crippen molar-refractivity contribution >= 4 is 23.4 Å². The monoisotopic (exact) mass is 340 g/mol. The van der Waals surface area contributed by atoms with Gasteiger partial charge >= 0.3 is 6.18 Å². The third-order valence-corrected chi connectivity index (χ3v) is 4.09. The lowest BCUT2D eigenvalue weighted by Gasteiger charge is -2.20. The molecule has 0 aromatic carbocycles. The van der Waals surface area contributed by atoms with Crippen molar-refractivity contribution in [2.75, 3.05) is 12.3 Å². The highest BCUT2D eigenvalue weighted by Gasteiger charge is 2.31. The number of nitrogens with one attached hydrogen (secondary N) is 1. The third-order valence-electron chi connectivity index (χ3n) is 2.60. The Morgan fingerprint density at radius 3 is 2.43 bits per heavy atom. The van der Waals surface area contributed by atoms with E-state index in [1.807, 2.05) is 0 Å². The molecular formula is C14H20ClF3N2S. The Balaban J connectivity index is 2.36. The standard InChI is InChI=1S/C14H20ClF3N2S/c1-13(2,3)20-6-4-5-7-21-12-11(15)8-10(9-19-12)14(16,17)18/h8-9,20H,4-7H2,1-3H3. The predicted octanol–water partition coefficient (Wildman–Crippen LogP) is 5.01. The second-order valence-corrected chi connectivity index (χ2v) is 7.23. The maximum absolute atomic E-state index is 12.5. The number of unbranched alkanes of at least 4 members (excludes halogenated alkanes) is 1. The van der Waals surface area contributed by atoms with Crippen molar-refractivity contribution in [1.82, 2.24) is 10.3 Å². The van der Waals surface area contributed by atoms with Crippen LogP contribution in [0, 0.1) is 0 Å². The van der Waals surface area contributed by atoms with E-state index in [1.54, 1.807) is 0 Å². The van der Waals surface area contributed by atoms with Gasteiger partial charge in [0, 0.05) is 11.7 Å². The fraction of sp³-hybridized carbons (Fsp3) is 0.643. The highest BCUT2D eigenvalue weighted by Crippen LogP contribution is 2.33. The summed E-state index contributed by atoms with van der Waals surface area (Å²) in [6, 6.07) is 0.929. The highest BCUT2D eigenvalue weighted by atomic mass is 35.5. The summed E-state index contributed by atoms with van der Waals surface area (Å²) in [5.74, 6) is 0.782. The van der Waals surface area contributed by atoms with Gasteiger partial charge in [-0.2, -0.15) is 13.2 Å². The Morgan fingerprint density at radius 1 is 1.24 bits per heavy atom. The van der Waals surface area contributed by atoms with Crippen molar-refractivity contribution in [2.24, 2.45) is 0 Å². The van der Waals surface area contributed by atoms with E-state index in [2.05, 4.69) is 31.1 Å². The number of hydrogen-bond acceptors (Lipinski definition) is 3. The summed E-state index contributed by atoms with van der Waals surface area (Å²) in [6.07, 6.45) is -1.62. The molecule has 1 N–H and O–H groups in total. The van der Waals surface area contributed by atoms with Gasteiger partial charge in [0.05, 0.1) is 10.6 Å². The zero-order chi connectivity index (χ0) is 16.1. The zero-order valence-corrected chi connectivity index (χ0v) is 13.9. The van der Waals surface area contributed by atoms with Crippen LogP contribution in [0.3, 0.4) is 0 Å². The SMILES string of the molecule is CC(C)(C)NCCCCSc1ncc(C(F)(F)F)cc1Cl. The average Bonchev–Trinajstić information content (AvgIpc) is 2.32. The number of pyridine rings is 1. The molecule has 0 aliphatic heterocycles. The fourth-order valence-electron chi connectivity index (χ4n) is 1.55. The number of aromatic nitrogens is 1. The molecule has 0 fully saturated rings. The molecule has 1 aromatic heterocycles. The molecule has 1 rings (SSSR count). The predicted molar refractivity (Wildman–Crippen MR) is 82.0 cm³/mol. The van der Waals surface area contributed by atoms with Gasteiger partial charge in [0.25, 0.3) is 0 Å². The van der Waals surface area contributed by atoms with Gasteiger partial charge in [-0.15, -0.1) is 11.8 Å². The van der Waals surface area contributed by atoms with E-state index in [-0.39, 0.29) is 10.6 Å². The molecular weight excluding hydrogens is 321 g/mol. The molecule has 0 radical (unpaired) electrons. The van der Waals surface area contributed by atoms with Crippen LogP contribution in [0.5, 0.6) is 0 Å². The van der Waals surface area contributed by atoms with Crippen LogP contribution >= 0.6 is 23.4 Å². The first-order chi connectivity index (χ1) is 9.59. The van der Waals surface area contributed by atoms with E-state index in [1.165, 1.54) is 11.8 Å². The normalized spacial score (nSPS) is 12.7. The first-order valence-electron chi connectivity index (χ1n) is 6.70. The minimum atomic E-state index is -4.40. The highest BCUT2D eigenvalue weighted by molar-refractivity contribution is 7.99. The molecule has 0 aliphatic carbocycles. The molecule has 0 amide bonds. The van der Waals surface area contributed by atoms with Crippen LogP contribution in [-0.4, -0.2) is 22.8 Å².